The smallest absolute Gasteiger partial charge is 0.331 e. The first-order valence-electron chi connectivity index (χ1n) is 9.67. The summed E-state index contributed by atoms with van der Waals surface area (Å²) in [7, 11) is 0. The molecule has 0 saturated heterocycles. The predicted molar refractivity (Wildman–Crippen MR) is 107 cm³/mol. The topological polar surface area (TPSA) is 26.3 Å². The normalized spacial score (nSPS) is 31.2. The molecule has 1 aromatic carbocycles. The standard InChI is InChI=1S/C24H30O2/c1-17(2)20-14-15-24(4,22-12-10-18(3)21(22)16-20)26-23(25)13-11-19-8-6-5-7-9-19/h5-11,13,20-22H,1,12,14-16H2,2-4H3. The van der Waals surface area contributed by atoms with Crippen LogP contribution in [-0.2, 0) is 9.53 Å². The fraction of sp³-hybridized carbons (Fsp3) is 0.458. The molecule has 0 aromatic heterocycles. The molecule has 2 nitrogen and oxygen atoms in total. The second-order valence-electron chi connectivity index (χ2n) is 8.19. The Hall–Kier alpha value is -2.09. The van der Waals surface area contributed by atoms with Crippen molar-refractivity contribution >= 4 is 12.0 Å². The zero-order valence-corrected chi connectivity index (χ0v) is 16.2. The van der Waals surface area contributed by atoms with Crippen molar-refractivity contribution in [3.63, 3.8) is 0 Å². The number of allylic oxidation sites excluding steroid dienone is 3. The third-order valence-electron chi connectivity index (χ3n) is 6.32. The van der Waals surface area contributed by atoms with Crippen molar-refractivity contribution in [2.45, 2.75) is 52.1 Å². The van der Waals surface area contributed by atoms with Crippen molar-refractivity contribution in [3.05, 3.63) is 65.8 Å². The maximum atomic E-state index is 12.5. The van der Waals surface area contributed by atoms with Gasteiger partial charge >= 0.3 is 5.97 Å². The average Bonchev–Trinajstić information content (AvgIpc) is 2.91. The van der Waals surface area contributed by atoms with Gasteiger partial charge in [-0.05, 0) is 69.9 Å². The molecule has 26 heavy (non-hydrogen) atoms. The van der Waals surface area contributed by atoms with E-state index in [2.05, 4.69) is 33.4 Å². The van der Waals surface area contributed by atoms with E-state index in [0.717, 1.165) is 31.2 Å². The molecule has 4 atom stereocenters. The summed E-state index contributed by atoms with van der Waals surface area (Å²) < 4.78 is 6.08. The molecular formula is C24H30O2. The second kappa shape index (κ2) is 7.65. The van der Waals surface area contributed by atoms with Crippen LogP contribution in [0.4, 0.5) is 0 Å². The van der Waals surface area contributed by atoms with Crippen molar-refractivity contribution in [1.82, 2.24) is 0 Å². The number of rotatable bonds is 4. The van der Waals surface area contributed by atoms with Gasteiger partial charge in [0.2, 0.25) is 0 Å². The molecule has 0 spiro atoms. The van der Waals surface area contributed by atoms with Gasteiger partial charge in [-0.25, -0.2) is 4.79 Å². The molecule has 2 aliphatic rings. The summed E-state index contributed by atoms with van der Waals surface area (Å²) in [6.07, 6.45) is 9.81. The fourth-order valence-electron chi connectivity index (χ4n) is 4.61. The molecule has 138 valence electrons. The minimum Gasteiger partial charge on any atom is -0.456 e. The highest BCUT2D eigenvalue weighted by Gasteiger charge is 2.47. The third kappa shape index (κ3) is 4.00. The number of carbonyl (C=O) groups is 1. The van der Waals surface area contributed by atoms with Crippen LogP contribution in [0.5, 0.6) is 0 Å². The van der Waals surface area contributed by atoms with Crippen LogP contribution >= 0.6 is 0 Å². The van der Waals surface area contributed by atoms with E-state index in [4.69, 9.17) is 4.74 Å². The van der Waals surface area contributed by atoms with Gasteiger partial charge in [-0.15, -0.1) is 0 Å². The van der Waals surface area contributed by atoms with Gasteiger partial charge in [-0.2, -0.15) is 0 Å². The van der Waals surface area contributed by atoms with Crippen molar-refractivity contribution in [3.8, 4) is 0 Å². The van der Waals surface area contributed by atoms with Gasteiger partial charge in [0.25, 0.3) is 0 Å². The van der Waals surface area contributed by atoms with Crippen LogP contribution < -0.4 is 0 Å². The summed E-state index contributed by atoms with van der Waals surface area (Å²) in [5.41, 5.74) is 3.30. The molecule has 0 N–H and O–H groups in total. The van der Waals surface area contributed by atoms with Gasteiger partial charge in [0.05, 0.1) is 0 Å². The van der Waals surface area contributed by atoms with Crippen molar-refractivity contribution in [2.24, 2.45) is 17.8 Å². The van der Waals surface area contributed by atoms with Gasteiger partial charge in [0.1, 0.15) is 5.60 Å². The number of benzene rings is 1. The van der Waals surface area contributed by atoms with Crippen LogP contribution in [0.3, 0.4) is 0 Å². The molecule has 3 rings (SSSR count). The largest absolute Gasteiger partial charge is 0.456 e. The van der Waals surface area contributed by atoms with Crippen LogP contribution in [0, 0.1) is 17.8 Å². The molecule has 0 amide bonds. The van der Waals surface area contributed by atoms with Crippen LogP contribution in [0.1, 0.15) is 52.0 Å². The summed E-state index contributed by atoms with van der Waals surface area (Å²) in [5.74, 6) is 1.15. The Morgan fingerprint density at radius 1 is 1.31 bits per heavy atom. The molecule has 4 unspecified atom stereocenters. The van der Waals surface area contributed by atoms with Gasteiger partial charge in [0.15, 0.2) is 0 Å². The number of carbonyl (C=O) groups excluding carboxylic acids is 1. The van der Waals surface area contributed by atoms with Crippen molar-refractivity contribution in [2.75, 3.05) is 0 Å². The molecule has 0 aliphatic heterocycles. The molecule has 1 saturated carbocycles. The lowest BCUT2D eigenvalue weighted by Gasteiger charge is -2.37. The highest BCUT2D eigenvalue weighted by molar-refractivity contribution is 5.87. The molecular weight excluding hydrogens is 320 g/mol. The Balaban J connectivity index is 1.75. The first-order chi connectivity index (χ1) is 12.4. The van der Waals surface area contributed by atoms with Crippen LogP contribution in [0.15, 0.2) is 60.2 Å². The number of ether oxygens (including phenoxy) is 1. The van der Waals surface area contributed by atoms with E-state index >= 15 is 0 Å². The monoisotopic (exact) mass is 350 g/mol. The molecule has 1 fully saturated rings. The van der Waals surface area contributed by atoms with E-state index in [0.29, 0.717) is 17.8 Å². The minimum absolute atomic E-state index is 0.242. The lowest BCUT2D eigenvalue weighted by Crippen LogP contribution is -2.40. The molecule has 0 heterocycles. The van der Waals surface area contributed by atoms with E-state index < -0.39 is 5.60 Å². The number of fused-ring (bicyclic) bond motifs is 1. The van der Waals surface area contributed by atoms with Crippen LogP contribution in [-0.4, -0.2) is 11.6 Å². The zero-order chi connectivity index (χ0) is 18.7. The first kappa shape index (κ1) is 18.7. The molecule has 0 bridgehead atoms. The number of esters is 1. The summed E-state index contributed by atoms with van der Waals surface area (Å²) in [4.78, 5) is 12.5. The Labute approximate surface area is 157 Å². The minimum atomic E-state index is -0.415. The Bertz CT molecular complexity index is 728. The van der Waals surface area contributed by atoms with E-state index in [-0.39, 0.29) is 5.97 Å². The molecule has 2 aliphatic carbocycles. The third-order valence-corrected chi connectivity index (χ3v) is 6.32. The fourth-order valence-corrected chi connectivity index (χ4v) is 4.61. The summed E-state index contributed by atoms with van der Waals surface area (Å²) in [6, 6.07) is 9.86. The van der Waals surface area contributed by atoms with Gasteiger partial charge in [-0.3, -0.25) is 0 Å². The van der Waals surface area contributed by atoms with E-state index in [1.54, 1.807) is 6.08 Å². The highest BCUT2D eigenvalue weighted by Crippen LogP contribution is 2.50. The zero-order valence-electron chi connectivity index (χ0n) is 16.2. The first-order valence-corrected chi connectivity index (χ1v) is 9.67. The van der Waals surface area contributed by atoms with Crippen molar-refractivity contribution in [1.29, 1.82) is 0 Å². The second-order valence-corrected chi connectivity index (χ2v) is 8.19. The Morgan fingerprint density at radius 3 is 2.73 bits per heavy atom. The average molecular weight is 351 g/mol. The SMILES string of the molecule is C=C(C)C1CCC(C)(OC(=O)C=Cc2ccccc2)C2CC=C(C)C2C1. The summed E-state index contributed by atoms with van der Waals surface area (Å²) in [6.45, 7) is 10.7. The Morgan fingerprint density at radius 2 is 2.04 bits per heavy atom. The van der Waals surface area contributed by atoms with Gasteiger partial charge < -0.3 is 4.74 Å². The van der Waals surface area contributed by atoms with Gasteiger partial charge in [-0.1, -0.05) is 54.1 Å². The van der Waals surface area contributed by atoms with Crippen LogP contribution in [0.25, 0.3) is 6.08 Å². The van der Waals surface area contributed by atoms with Crippen molar-refractivity contribution < 1.29 is 9.53 Å². The van der Waals surface area contributed by atoms with E-state index in [1.807, 2.05) is 36.4 Å². The maximum Gasteiger partial charge on any atom is 0.331 e. The van der Waals surface area contributed by atoms with E-state index in [9.17, 15) is 4.79 Å². The Kier molecular flexibility index (Phi) is 5.50. The number of hydrogen-bond acceptors (Lipinski definition) is 2. The molecule has 2 heteroatoms. The van der Waals surface area contributed by atoms with E-state index in [1.165, 1.54) is 11.1 Å². The summed E-state index contributed by atoms with van der Waals surface area (Å²) >= 11 is 0. The lowest BCUT2D eigenvalue weighted by molar-refractivity contribution is -0.159. The molecule has 0 radical (unpaired) electrons. The quantitative estimate of drug-likeness (QED) is 0.380. The number of hydrogen-bond donors (Lipinski definition) is 0. The maximum absolute atomic E-state index is 12.5. The van der Waals surface area contributed by atoms with Crippen LogP contribution in [0.2, 0.25) is 0 Å². The van der Waals surface area contributed by atoms with Gasteiger partial charge in [0, 0.05) is 12.0 Å². The lowest BCUT2D eigenvalue weighted by atomic mass is 9.77. The predicted octanol–water partition coefficient (Wildman–Crippen LogP) is 5.96. The summed E-state index contributed by atoms with van der Waals surface area (Å²) in [5, 5.41) is 0. The highest BCUT2D eigenvalue weighted by atomic mass is 16.6. The molecule has 1 aromatic rings.